The lowest BCUT2D eigenvalue weighted by Gasteiger charge is -2.10. The quantitative estimate of drug-likeness (QED) is 0.855. The van der Waals surface area contributed by atoms with E-state index in [4.69, 9.17) is 10.5 Å². The Morgan fingerprint density at radius 1 is 1.33 bits per heavy atom. The van der Waals surface area contributed by atoms with Gasteiger partial charge < -0.3 is 15.2 Å². The standard InChI is InChI=1S/C16H18N2O3/c1-11(17)12-4-3-5-15(8-12)21-10-14-7-6-13(9-18-14)16(19)20-2/h3-9,11H,10,17H2,1-2H3/t11-/m1/s1. The molecule has 5 nitrogen and oxygen atoms in total. The van der Waals surface area contributed by atoms with E-state index < -0.39 is 5.97 Å². The summed E-state index contributed by atoms with van der Waals surface area (Å²) in [4.78, 5) is 15.5. The second kappa shape index (κ2) is 6.85. The highest BCUT2D eigenvalue weighted by Crippen LogP contribution is 2.18. The summed E-state index contributed by atoms with van der Waals surface area (Å²) in [5.74, 6) is 0.336. The molecule has 0 aliphatic heterocycles. The van der Waals surface area contributed by atoms with Crippen molar-refractivity contribution in [2.24, 2.45) is 5.73 Å². The first-order chi connectivity index (χ1) is 10.1. The number of nitrogens with zero attached hydrogens (tertiary/aromatic N) is 1. The average molecular weight is 286 g/mol. The zero-order chi connectivity index (χ0) is 15.2. The number of carbonyl (C=O) groups excluding carboxylic acids is 1. The summed E-state index contributed by atoms with van der Waals surface area (Å²) in [6.45, 7) is 2.25. The smallest absolute Gasteiger partial charge is 0.339 e. The minimum Gasteiger partial charge on any atom is -0.487 e. The highest BCUT2D eigenvalue weighted by Gasteiger charge is 2.06. The number of benzene rings is 1. The monoisotopic (exact) mass is 286 g/mol. The first-order valence-corrected chi connectivity index (χ1v) is 6.61. The van der Waals surface area contributed by atoms with Gasteiger partial charge in [-0.1, -0.05) is 12.1 Å². The van der Waals surface area contributed by atoms with Gasteiger partial charge in [-0.3, -0.25) is 4.98 Å². The third-order valence-corrected chi connectivity index (χ3v) is 3.02. The highest BCUT2D eigenvalue weighted by molar-refractivity contribution is 5.88. The van der Waals surface area contributed by atoms with Gasteiger partial charge in [-0.25, -0.2) is 4.79 Å². The van der Waals surface area contributed by atoms with Gasteiger partial charge >= 0.3 is 5.97 Å². The van der Waals surface area contributed by atoms with E-state index in [9.17, 15) is 4.79 Å². The lowest BCUT2D eigenvalue weighted by Crippen LogP contribution is -2.06. The third-order valence-electron chi connectivity index (χ3n) is 3.02. The van der Waals surface area contributed by atoms with Gasteiger partial charge in [0.05, 0.1) is 18.4 Å². The SMILES string of the molecule is COC(=O)c1ccc(COc2cccc([C@@H](C)N)c2)nc1. The summed E-state index contributed by atoms with van der Waals surface area (Å²) in [7, 11) is 1.34. The molecule has 5 heteroatoms. The molecule has 110 valence electrons. The van der Waals surface area contributed by atoms with Crippen LogP contribution in [0.4, 0.5) is 0 Å². The molecule has 1 aromatic heterocycles. The van der Waals surface area contributed by atoms with E-state index in [0.29, 0.717) is 12.2 Å². The van der Waals surface area contributed by atoms with Crippen LogP contribution < -0.4 is 10.5 Å². The van der Waals surface area contributed by atoms with Crippen LogP contribution in [0.25, 0.3) is 0 Å². The van der Waals surface area contributed by atoms with E-state index in [-0.39, 0.29) is 6.04 Å². The fraction of sp³-hybridized carbons (Fsp3) is 0.250. The number of hydrogen-bond acceptors (Lipinski definition) is 5. The molecule has 0 unspecified atom stereocenters. The lowest BCUT2D eigenvalue weighted by molar-refractivity contribution is 0.0600. The van der Waals surface area contributed by atoms with E-state index in [2.05, 4.69) is 9.72 Å². The molecule has 2 rings (SSSR count). The third kappa shape index (κ3) is 4.03. The number of esters is 1. The predicted octanol–water partition coefficient (Wildman–Crippen LogP) is 2.47. The number of aromatic nitrogens is 1. The van der Waals surface area contributed by atoms with Gasteiger partial charge in [0, 0.05) is 12.2 Å². The zero-order valence-electron chi connectivity index (χ0n) is 12.1. The van der Waals surface area contributed by atoms with Gasteiger partial charge in [0.15, 0.2) is 0 Å². The van der Waals surface area contributed by atoms with Crippen LogP contribution in [0.1, 0.15) is 34.6 Å². The van der Waals surface area contributed by atoms with Crippen LogP contribution in [0.15, 0.2) is 42.6 Å². The van der Waals surface area contributed by atoms with Crippen LogP contribution >= 0.6 is 0 Å². The Morgan fingerprint density at radius 2 is 2.14 bits per heavy atom. The second-order valence-electron chi connectivity index (χ2n) is 4.68. The zero-order valence-corrected chi connectivity index (χ0v) is 12.1. The average Bonchev–Trinajstić information content (AvgIpc) is 2.53. The van der Waals surface area contributed by atoms with Crippen LogP contribution in [0.3, 0.4) is 0 Å². The van der Waals surface area contributed by atoms with E-state index in [1.54, 1.807) is 12.1 Å². The minimum atomic E-state index is -0.403. The van der Waals surface area contributed by atoms with Crippen molar-refractivity contribution in [2.45, 2.75) is 19.6 Å². The molecule has 1 atom stereocenters. The van der Waals surface area contributed by atoms with Crippen molar-refractivity contribution in [3.8, 4) is 5.75 Å². The van der Waals surface area contributed by atoms with Gasteiger partial charge in [0.2, 0.25) is 0 Å². The Hall–Kier alpha value is -2.40. The van der Waals surface area contributed by atoms with E-state index in [1.807, 2.05) is 31.2 Å². The normalized spacial score (nSPS) is 11.8. The molecular weight excluding hydrogens is 268 g/mol. The van der Waals surface area contributed by atoms with Crippen LogP contribution in [0, 0.1) is 0 Å². The molecule has 0 aliphatic rings. The maximum atomic E-state index is 11.3. The Morgan fingerprint density at radius 3 is 2.76 bits per heavy atom. The molecule has 1 aromatic carbocycles. The summed E-state index contributed by atoms with van der Waals surface area (Å²) in [6.07, 6.45) is 1.48. The van der Waals surface area contributed by atoms with Crippen molar-refractivity contribution < 1.29 is 14.3 Å². The van der Waals surface area contributed by atoms with E-state index in [0.717, 1.165) is 17.0 Å². The van der Waals surface area contributed by atoms with Crippen LogP contribution in [0.2, 0.25) is 0 Å². The van der Waals surface area contributed by atoms with Crippen LogP contribution in [-0.2, 0) is 11.3 Å². The molecule has 0 radical (unpaired) electrons. The summed E-state index contributed by atoms with van der Waals surface area (Å²) in [5.41, 5.74) is 8.00. The first-order valence-electron chi connectivity index (χ1n) is 6.61. The lowest BCUT2D eigenvalue weighted by atomic mass is 10.1. The number of methoxy groups -OCH3 is 1. The fourth-order valence-corrected chi connectivity index (χ4v) is 1.79. The topological polar surface area (TPSA) is 74.4 Å². The maximum Gasteiger partial charge on any atom is 0.339 e. The molecule has 0 bridgehead atoms. The first kappa shape index (κ1) is 15.0. The van der Waals surface area contributed by atoms with Crippen LogP contribution in [-0.4, -0.2) is 18.1 Å². The Kier molecular flexibility index (Phi) is 4.90. The van der Waals surface area contributed by atoms with Crippen molar-refractivity contribution in [3.63, 3.8) is 0 Å². The second-order valence-corrected chi connectivity index (χ2v) is 4.68. The molecular formula is C16H18N2O3. The highest BCUT2D eigenvalue weighted by atomic mass is 16.5. The molecule has 2 aromatic rings. The number of pyridine rings is 1. The summed E-state index contributed by atoms with van der Waals surface area (Å²) in [6, 6.07) is 11.0. The molecule has 0 saturated heterocycles. The van der Waals surface area contributed by atoms with E-state index >= 15 is 0 Å². The number of nitrogens with two attached hydrogens (primary N) is 1. The number of carbonyl (C=O) groups is 1. The molecule has 2 N–H and O–H groups in total. The number of rotatable bonds is 5. The number of hydrogen-bond donors (Lipinski definition) is 1. The Bertz CT molecular complexity index is 609. The molecule has 0 spiro atoms. The summed E-state index contributed by atoms with van der Waals surface area (Å²) < 4.78 is 10.3. The molecule has 1 heterocycles. The van der Waals surface area contributed by atoms with Gasteiger partial charge in [0.1, 0.15) is 12.4 Å². The largest absolute Gasteiger partial charge is 0.487 e. The van der Waals surface area contributed by atoms with Gasteiger partial charge in [-0.2, -0.15) is 0 Å². The molecule has 0 amide bonds. The van der Waals surface area contributed by atoms with Gasteiger partial charge in [-0.15, -0.1) is 0 Å². The molecule has 0 fully saturated rings. The number of ether oxygens (including phenoxy) is 2. The molecule has 0 aliphatic carbocycles. The molecule has 21 heavy (non-hydrogen) atoms. The van der Waals surface area contributed by atoms with Crippen molar-refractivity contribution >= 4 is 5.97 Å². The van der Waals surface area contributed by atoms with Gasteiger partial charge in [0.25, 0.3) is 0 Å². The Labute approximate surface area is 123 Å². The van der Waals surface area contributed by atoms with E-state index in [1.165, 1.54) is 13.3 Å². The van der Waals surface area contributed by atoms with Crippen molar-refractivity contribution in [1.82, 2.24) is 4.98 Å². The van der Waals surface area contributed by atoms with Crippen LogP contribution in [0.5, 0.6) is 5.75 Å². The van der Waals surface area contributed by atoms with Crippen molar-refractivity contribution in [3.05, 3.63) is 59.4 Å². The van der Waals surface area contributed by atoms with Crippen molar-refractivity contribution in [2.75, 3.05) is 7.11 Å². The summed E-state index contributed by atoms with van der Waals surface area (Å²) >= 11 is 0. The van der Waals surface area contributed by atoms with Gasteiger partial charge in [-0.05, 0) is 36.8 Å². The Balaban J connectivity index is 2.00. The fourth-order valence-electron chi connectivity index (χ4n) is 1.79. The predicted molar refractivity (Wildman–Crippen MR) is 79.0 cm³/mol. The van der Waals surface area contributed by atoms with Crippen molar-refractivity contribution in [1.29, 1.82) is 0 Å². The minimum absolute atomic E-state index is 0.0361. The maximum absolute atomic E-state index is 11.3. The molecule has 0 saturated carbocycles. The summed E-state index contributed by atoms with van der Waals surface area (Å²) in [5, 5.41) is 0.